The predicted octanol–water partition coefficient (Wildman–Crippen LogP) is 4.00. The molecule has 5 nitrogen and oxygen atoms in total. The number of likely N-dealkylation sites (N-methyl/N-ethyl adjacent to an activating group) is 1. The normalized spacial score (nSPS) is 13.0. The molecule has 0 unspecified atom stereocenters. The summed E-state index contributed by atoms with van der Waals surface area (Å²) >= 11 is 0. The summed E-state index contributed by atoms with van der Waals surface area (Å²) in [5.41, 5.74) is 0.985. The van der Waals surface area contributed by atoms with Crippen LogP contribution in [0.4, 0.5) is 4.39 Å². The van der Waals surface area contributed by atoms with Gasteiger partial charge >= 0.3 is 0 Å². The van der Waals surface area contributed by atoms with E-state index in [1.807, 2.05) is 26.0 Å². The lowest BCUT2D eigenvalue weighted by Gasteiger charge is -2.34. The molecular weight excluding hydrogens is 345 g/mol. The third-order valence-corrected chi connectivity index (χ3v) is 3.54. The molecule has 0 aliphatic heterocycles. The maximum atomic E-state index is 13.7. The van der Waals surface area contributed by atoms with Crippen LogP contribution in [0.25, 0.3) is 0 Å². The van der Waals surface area contributed by atoms with Crippen molar-refractivity contribution in [3.8, 4) is 0 Å². The summed E-state index contributed by atoms with van der Waals surface area (Å²) in [5.74, 6) is -0.383. The first kappa shape index (κ1) is 24.6. The van der Waals surface area contributed by atoms with E-state index in [1.54, 1.807) is 43.7 Å². The van der Waals surface area contributed by atoms with Gasteiger partial charge in [-0.15, -0.1) is 0 Å². The van der Waals surface area contributed by atoms with E-state index in [9.17, 15) is 9.50 Å². The summed E-state index contributed by atoms with van der Waals surface area (Å²) in [6.45, 7) is 8.17. The van der Waals surface area contributed by atoms with E-state index < -0.39 is 12.1 Å². The van der Waals surface area contributed by atoms with Gasteiger partial charge in [-0.25, -0.2) is 4.39 Å². The van der Waals surface area contributed by atoms with Crippen LogP contribution < -0.4 is 5.32 Å². The van der Waals surface area contributed by atoms with Crippen LogP contribution in [0.2, 0.25) is 0 Å². The average Bonchev–Trinajstić information content (AvgIpc) is 2.68. The van der Waals surface area contributed by atoms with E-state index in [-0.39, 0.29) is 5.82 Å². The predicted molar refractivity (Wildman–Crippen MR) is 110 cm³/mol. The fourth-order valence-corrected chi connectivity index (χ4v) is 2.43. The number of aliphatic hydroxyl groups excluding tert-OH is 1. The van der Waals surface area contributed by atoms with E-state index >= 15 is 0 Å². The van der Waals surface area contributed by atoms with Crippen LogP contribution in [0.15, 0.2) is 61.2 Å². The Bertz CT molecular complexity index is 617. The summed E-state index contributed by atoms with van der Waals surface area (Å²) < 4.78 is 18.5. The summed E-state index contributed by atoms with van der Waals surface area (Å²) in [5, 5.41) is 21.0. The number of allylic oxidation sites excluding steroid dienone is 3. The average molecular weight is 378 g/mol. The maximum absolute atomic E-state index is 13.7. The topological polar surface area (TPSA) is 68.6 Å². The Morgan fingerprint density at radius 3 is 2.67 bits per heavy atom. The van der Waals surface area contributed by atoms with Gasteiger partial charge in [-0.1, -0.05) is 38.6 Å². The molecule has 0 saturated heterocycles. The van der Waals surface area contributed by atoms with Crippen LogP contribution >= 0.6 is 0 Å². The van der Waals surface area contributed by atoms with Gasteiger partial charge in [0.2, 0.25) is 0 Å². The molecule has 1 aromatic rings. The minimum atomic E-state index is -0.831. The van der Waals surface area contributed by atoms with Crippen molar-refractivity contribution in [2.75, 3.05) is 20.7 Å². The molecule has 0 radical (unpaired) electrons. The molecule has 0 aliphatic carbocycles. The fourth-order valence-electron chi connectivity index (χ4n) is 2.43. The molecule has 0 spiro atoms. The van der Waals surface area contributed by atoms with Gasteiger partial charge in [0.05, 0.1) is 31.2 Å². The monoisotopic (exact) mass is 377 g/mol. The molecule has 1 rings (SSSR count). The van der Waals surface area contributed by atoms with E-state index in [1.165, 1.54) is 12.1 Å². The highest BCUT2D eigenvalue weighted by Gasteiger charge is 2.27. The van der Waals surface area contributed by atoms with Crippen molar-refractivity contribution < 1.29 is 14.2 Å². The van der Waals surface area contributed by atoms with Crippen molar-refractivity contribution in [3.05, 3.63) is 72.5 Å². The van der Waals surface area contributed by atoms with E-state index in [0.717, 1.165) is 6.21 Å². The number of methoxy groups -OCH3 is 1. The number of halogens is 1. The molecule has 0 saturated carbocycles. The van der Waals surface area contributed by atoms with Crippen LogP contribution in [0, 0.1) is 11.2 Å². The number of aliphatic hydroxyl groups is 1. The summed E-state index contributed by atoms with van der Waals surface area (Å²) in [6.07, 6.45) is 7.86. The molecule has 150 valence electrons. The first-order valence-electron chi connectivity index (χ1n) is 8.95. The lowest BCUT2D eigenvalue weighted by Crippen LogP contribution is -2.38. The van der Waals surface area contributed by atoms with Crippen molar-refractivity contribution in [1.29, 1.82) is 5.41 Å². The zero-order valence-corrected chi connectivity index (χ0v) is 16.7. The number of nitrogens with one attached hydrogen (secondary N) is 2. The van der Waals surface area contributed by atoms with E-state index in [0.29, 0.717) is 24.2 Å². The second-order valence-corrected chi connectivity index (χ2v) is 5.40. The Balaban J connectivity index is 0.00000326. The fraction of sp³-hybridized carbons (Fsp3) is 0.381. The quantitative estimate of drug-likeness (QED) is 0.403. The van der Waals surface area contributed by atoms with Gasteiger partial charge in [-0.05, 0) is 37.2 Å². The minimum Gasteiger partial charge on any atom is -0.505 e. The second-order valence-electron chi connectivity index (χ2n) is 5.40. The zero-order chi connectivity index (χ0) is 20.7. The van der Waals surface area contributed by atoms with Crippen LogP contribution in [0.3, 0.4) is 0 Å². The summed E-state index contributed by atoms with van der Waals surface area (Å²) in [7, 11) is 3.30. The molecule has 0 heterocycles. The van der Waals surface area contributed by atoms with Gasteiger partial charge in [0.15, 0.2) is 0 Å². The van der Waals surface area contributed by atoms with Crippen LogP contribution in [-0.2, 0) is 4.74 Å². The van der Waals surface area contributed by atoms with Gasteiger partial charge in [0.25, 0.3) is 0 Å². The highest BCUT2D eigenvalue weighted by molar-refractivity contribution is 5.74. The smallest absolute Gasteiger partial charge is 0.123 e. The molecule has 6 heteroatoms. The van der Waals surface area contributed by atoms with E-state index in [4.69, 9.17) is 10.1 Å². The number of hydrogen-bond acceptors (Lipinski definition) is 5. The third kappa shape index (κ3) is 8.66. The Labute approximate surface area is 162 Å². The maximum Gasteiger partial charge on any atom is 0.123 e. The van der Waals surface area contributed by atoms with Gasteiger partial charge < -0.3 is 25.5 Å². The van der Waals surface area contributed by atoms with Crippen molar-refractivity contribution in [2.24, 2.45) is 0 Å². The number of hydrogen-bond donors (Lipinski definition) is 3. The van der Waals surface area contributed by atoms with Gasteiger partial charge in [0, 0.05) is 19.0 Å². The molecule has 2 atom stereocenters. The summed E-state index contributed by atoms with van der Waals surface area (Å²) in [6, 6.07) is 5.49. The number of benzene rings is 1. The van der Waals surface area contributed by atoms with E-state index in [2.05, 4.69) is 11.9 Å². The van der Waals surface area contributed by atoms with Crippen molar-refractivity contribution in [2.45, 2.75) is 32.4 Å². The highest BCUT2D eigenvalue weighted by atomic mass is 19.1. The molecule has 1 aromatic carbocycles. The molecule has 0 bridgehead atoms. The first-order chi connectivity index (χ1) is 13.0. The third-order valence-electron chi connectivity index (χ3n) is 3.54. The Hall–Kier alpha value is -2.44. The van der Waals surface area contributed by atoms with Gasteiger partial charge in [0.1, 0.15) is 5.82 Å². The first-order valence-corrected chi connectivity index (χ1v) is 8.95. The van der Waals surface area contributed by atoms with Crippen LogP contribution in [0.1, 0.15) is 31.9 Å². The highest BCUT2D eigenvalue weighted by Crippen LogP contribution is 2.28. The minimum absolute atomic E-state index is 0.306. The number of rotatable bonds is 11. The largest absolute Gasteiger partial charge is 0.505 e. The number of ether oxygens (including phenoxy) is 1. The van der Waals surface area contributed by atoms with Gasteiger partial charge in [-0.2, -0.15) is 0 Å². The Kier molecular flexibility index (Phi) is 13.4. The molecule has 27 heavy (non-hydrogen) atoms. The molecule has 0 aliphatic rings. The Morgan fingerprint density at radius 1 is 1.41 bits per heavy atom. The molecule has 0 amide bonds. The zero-order valence-electron chi connectivity index (χ0n) is 16.7. The van der Waals surface area contributed by atoms with Crippen molar-refractivity contribution in [3.63, 3.8) is 0 Å². The number of nitrogens with zero attached hydrogens (tertiary/aromatic N) is 1. The molecule has 0 fully saturated rings. The second kappa shape index (κ2) is 14.7. The van der Waals surface area contributed by atoms with Crippen molar-refractivity contribution >= 4 is 6.21 Å². The van der Waals surface area contributed by atoms with Crippen LogP contribution in [0.5, 0.6) is 0 Å². The lowest BCUT2D eigenvalue weighted by atomic mass is 9.98. The summed E-state index contributed by atoms with van der Waals surface area (Å²) in [4.78, 5) is 1.67. The van der Waals surface area contributed by atoms with Crippen LogP contribution in [-0.4, -0.2) is 43.0 Å². The SMILES string of the molecule is C=C(C=N)N(/C=C\C/C=C/OC)[C@@H](c1cccc(F)c1)[C@H](O)CNC.CC. The Morgan fingerprint density at radius 2 is 2.11 bits per heavy atom. The molecule has 3 N–H and O–H groups in total. The lowest BCUT2D eigenvalue weighted by molar-refractivity contribution is 0.0914. The van der Waals surface area contributed by atoms with Crippen molar-refractivity contribution in [1.82, 2.24) is 10.2 Å². The molecular formula is C21H32FN3O2. The molecule has 0 aromatic heterocycles. The standard InChI is InChI=1S/C19H26FN3O2.C2H6/c1-15(13-21)23(10-5-4-6-11-25-3)19(18(24)14-22-2)16-8-7-9-17(20)12-16;1-2/h5-13,18-19,21-22,24H,1,4,14H2,2-3H3;1-2H3/b10-5-,11-6+,21-13?;/t18-,19+;/m1./s1. The van der Waals surface area contributed by atoms with Gasteiger partial charge in [-0.3, -0.25) is 0 Å².